The molecule has 1 aromatic heterocycles. The monoisotopic (exact) mass is 490 g/mol. The van der Waals surface area contributed by atoms with E-state index < -0.39 is 10.8 Å². The molecular formula is C25H22N4O5S. The Balaban J connectivity index is 1.51. The van der Waals surface area contributed by atoms with Crippen LogP contribution < -0.4 is 15.4 Å². The number of benzene rings is 3. The van der Waals surface area contributed by atoms with Crippen LogP contribution in [0.4, 0.5) is 11.4 Å². The van der Waals surface area contributed by atoms with Crippen LogP contribution in [0.15, 0.2) is 59.0 Å². The van der Waals surface area contributed by atoms with Crippen molar-refractivity contribution in [2.45, 2.75) is 20.8 Å². The number of oxazole rings is 1. The molecule has 35 heavy (non-hydrogen) atoms. The molecule has 0 bridgehead atoms. The second-order valence-corrected chi connectivity index (χ2v) is 8.21. The van der Waals surface area contributed by atoms with Crippen LogP contribution in [0.1, 0.15) is 28.4 Å². The van der Waals surface area contributed by atoms with E-state index in [2.05, 4.69) is 15.6 Å². The van der Waals surface area contributed by atoms with Gasteiger partial charge in [-0.25, -0.2) is 4.98 Å². The first-order chi connectivity index (χ1) is 16.7. The Kier molecular flexibility index (Phi) is 6.74. The van der Waals surface area contributed by atoms with E-state index in [9.17, 15) is 14.9 Å². The maximum Gasteiger partial charge on any atom is 0.311 e. The minimum Gasteiger partial charge on any atom is -0.487 e. The third-order valence-corrected chi connectivity index (χ3v) is 5.43. The summed E-state index contributed by atoms with van der Waals surface area (Å²) < 4.78 is 11.2. The van der Waals surface area contributed by atoms with Gasteiger partial charge >= 0.3 is 5.69 Å². The van der Waals surface area contributed by atoms with E-state index in [4.69, 9.17) is 21.4 Å². The number of hydrogen-bond acceptors (Lipinski definition) is 7. The number of aryl methyl sites for hydroxylation is 2. The Bertz CT molecular complexity index is 1460. The summed E-state index contributed by atoms with van der Waals surface area (Å²) in [6.07, 6.45) is 0. The van der Waals surface area contributed by atoms with Gasteiger partial charge in [0, 0.05) is 22.9 Å². The molecule has 0 spiro atoms. The van der Waals surface area contributed by atoms with Crippen molar-refractivity contribution in [2.24, 2.45) is 0 Å². The van der Waals surface area contributed by atoms with Gasteiger partial charge in [-0.3, -0.25) is 20.2 Å². The molecule has 3 aromatic carbocycles. The topological polar surface area (TPSA) is 120 Å². The second kappa shape index (κ2) is 9.90. The maximum atomic E-state index is 12.7. The van der Waals surface area contributed by atoms with Crippen LogP contribution in [0.25, 0.3) is 22.6 Å². The molecule has 0 aliphatic heterocycles. The standard InChI is InChI=1S/C25H22N4O5S/c1-4-33-21-10-8-16(13-20(21)29(31)32)23(30)28-25(35)27-19-12-17(7-6-15(19)3)24-26-18-9-5-14(2)11-22(18)34-24/h5-13H,4H2,1-3H3,(H2,27,28,30,35). The van der Waals surface area contributed by atoms with Crippen molar-refractivity contribution < 1.29 is 18.9 Å². The summed E-state index contributed by atoms with van der Waals surface area (Å²) in [4.78, 5) is 27.9. The van der Waals surface area contributed by atoms with E-state index in [1.54, 1.807) is 6.92 Å². The number of amides is 1. The third-order valence-electron chi connectivity index (χ3n) is 5.22. The minimum atomic E-state index is -0.597. The molecule has 0 unspecified atom stereocenters. The lowest BCUT2D eigenvalue weighted by molar-refractivity contribution is -0.385. The van der Waals surface area contributed by atoms with Crippen LogP contribution in [0, 0.1) is 24.0 Å². The van der Waals surface area contributed by atoms with Gasteiger partial charge in [0.1, 0.15) is 5.52 Å². The lowest BCUT2D eigenvalue weighted by Gasteiger charge is -2.13. The smallest absolute Gasteiger partial charge is 0.311 e. The number of ether oxygens (including phenoxy) is 1. The van der Waals surface area contributed by atoms with Crippen LogP contribution in [0.2, 0.25) is 0 Å². The lowest BCUT2D eigenvalue weighted by Crippen LogP contribution is -2.34. The number of thiocarbonyl (C=S) groups is 1. The zero-order valence-corrected chi connectivity index (χ0v) is 20.1. The number of carbonyl (C=O) groups excluding carboxylic acids is 1. The number of rotatable bonds is 6. The number of nitro groups is 1. The van der Waals surface area contributed by atoms with Crippen molar-refractivity contribution in [1.29, 1.82) is 0 Å². The van der Waals surface area contributed by atoms with Crippen molar-refractivity contribution in [3.05, 3.63) is 81.4 Å². The fourth-order valence-electron chi connectivity index (χ4n) is 3.45. The van der Waals surface area contributed by atoms with Crippen molar-refractivity contribution in [1.82, 2.24) is 10.3 Å². The summed E-state index contributed by atoms with van der Waals surface area (Å²) >= 11 is 5.31. The Hall–Kier alpha value is -4.31. The number of aromatic nitrogens is 1. The highest BCUT2D eigenvalue weighted by Gasteiger charge is 2.19. The summed E-state index contributed by atoms with van der Waals surface area (Å²) in [5.41, 5.74) is 4.59. The average molecular weight is 491 g/mol. The molecule has 0 fully saturated rings. The summed E-state index contributed by atoms with van der Waals surface area (Å²) in [7, 11) is 0. The molecule has 1 amide bonds. The quantitative estimate of drug-likeness (QED) is 0.205. The number of anilines is 1. The summed E-state index contributed by atoms with van der Waals surface area (Å²) in [6.45, 7) is 5.86. The molecule has 0 atom stereocenters. The predicted molar refractivity (Wildman–Crippen MR) is 137 cm³/mol. The number of nitrogens with zero attached hydrogens (tertiary/aromatic N) is 2. The number of nitrogens with one attached hydrogen (secondary N) is 2. The van der Waals surface area contributed by atoms with E-state index in [1.807, 2.05) is 50.2 Å². The van der Waals surface area contributed by atoms with Crippen LogP contribution in [0.3, 0.4) is 0 Å². The molecule has 4 aromatic rings. The average Bonchev–Trinajstić information content (AvgIpc) is 3.24. The third kappa shape index (κ3) is 5.28. The van der Waals surface area contributed by atoms with Gasteiger partial charge in [-0.15, -0.1) is 0 Å². The first-order valence-corrected chi connectivity index (χ1v) is 11.2. The van der Waals surface area contributed by atoms with Gasteiger partial charge < -0.3 is 14.5 Å². The Morgan fingerprint density at radius 1 is 1.14 bits per heavy atom. The molecule has 0 aliphatic rings. The number of nitro benzene ring substituents is 1. The first kappa shape index (κ1) is 23.8. The summed E-state index contributed by atoms with van der Waals surface area (Å²) in [5, 5.41) is 16.9. The highest BCUT2D eigenvalue weighted by atomic mass is 32.1. The van der Waals surface area contributed by atoms with Gasteiger partial charge in [-0.1, -0.05) is 12.1 Å². The van der Waals surface area contributed by atoms with Gasteiger partial charge in [0.25, 0.3) is 5.91 Å². The molecule has 4 rings (SSSR count). The Labute approximate surface area is 206 Å². The summed E-state index contributed by atoms with van der Waals surface area (Å²) in [5.74, 6) is -0.0290. The van der Waals surface area contributed by atoms with Crippen LogP contribution in [-0.2, 0) is 0 Å². The van der Waals surface area contributed by atoms with Crippen molar-refractivity contribution in [3.8, 4) is 17.2 Å². The van der Waals surface area contributed by atoms with Crippen molar-refractivity contribution in [3.63, 3.8) is 0 Å². The Morgan fingerprint density at radius 3 is 2.69 bits per heavy atom. The van der Waals surface area contributed by atoms with E-state index in [-0.39, 0.29) is 28.7 Å². The fourth-order valence-corrected chi connectivity index (χ4v) is 3.66. The molecular weight excluding hydrogens is 468 g/mol. The molecule has 10 heteroatoms. The SMILES string of the molecule is CCOc1ccc(C(=O)NC(=S)Nc2cc(-c3nc4ccc(C)cc4o3)ccc2C)cc1[N+](=O)[O-]. The number of hydrogen-bond donors (Lipinski definition) is 2. The number of carbonyl (C=O) groups is 1. The van der Waals surface area contributed by atoms with Gasteiger partial charge in [0.15, 0.2) is 16.4 Å². The molecule has 178 valence electrons. The van der Waals surface area contributed by atoms with E-state index >= 15 is 0 Å². The van der Waals surface area contributed by atoms with Gasteiger partial charge in [-0.05, 0) is 80.5 Å². The first-order valence-electron chi connectivity index (χ1n) is 10.8. The molecule has 1 heterocycles. The van der Waals surface area contributed by atoms with E-state index in [0.29, 0.717) is 17.2 Å². The zero-order chi connectivity index (χ0) is 25.1. The highest BCUT2D eigenvalue weighted by Crippen LogP contribution is 2.29. The molecule has 0 aliphatic carbocycles. The van der Waals surface area contributed by atoms with Crippen LogP contribution in [0.5, 0.6) is 5.75 Å². The highest BCUT2D eigenvalue weighted by molar-refractivity contribution is 7.80. The van der Waals surface area contributed by atoms with Gasteiger partial charge in [0.05, 0.1) is 11.5 Å². The molecule has 0 radical (unpaired) electrons. The van der Waals surface area contributed by atoms with Crippen LogP contribution >= 0.6 is 12.2 Å². The number of fused-ring (bicyclic) bond motifs is 1. The van der Waals surface area contributed by atoms with Gasteiger partial charge in [0.2, 0.25) is 5.89 Å². The normalized spacial score (nSPS) is 10.7. The predicted octanol–water partition coefficient (Wildman–Crippen LogP) is 5.55. The fraction of sp³-hybridized carbons (Fsp3) is 0.160. The Morgan fingerprint density at radius 2 is 1.94 bits per heavy atom. The molecule has 0 saturated carbocycles. The molecule has 9 nitrogen and oxygen atoms in total. The zero-order valence-electron chi connectivity index (χ0n) is 19.2. The largest absolute Gasteiger partial charge is 0.487 e. The minimum absolute atomic E-state index is 0.0416. The lowest BCUT2D eigenvalue weighted by atomic mass is 10.1. The van der Waals surface area contributed by atoms with Gasteiger partial charge in [-0.2, -0.15) is 0 Å². The summed E-state index contributed by atoms with van der Waals surface area (Å²) in [6, 6.07) is 15.4. The molecule has 2 N–H and O–H groups in total. The van der Waals surface area contributed by atoms with E-state index in [1.165, 1.54) is 12.1 Å². The molecule has 0 saturated heterocycles. The van der Waals surface area contributed by atoms with E-state index in [0.717, 1.165) is 28.3 Å². The van der Waals surface area contributed by atoms with Crippen molar-refractivity contribution in [2.75, 3.05) is 11.9 Å². The maximum absolute atomic E-state index is 12.7. The second-order valence-electron chi connectivity index (χ2n) is 7.80. The van der Waals surface area contributed by atoms with Crippen molar-refractivity contribution >= 4 is 45.7 Å². The van der Waals surface area contributed by atoms with Crippen LogP contribution in [-0.4, -0.2) is 27.5 Å².